The topological polar surface area (TPSA) is 54.4 Å². The Labute approximate surface area is 158 Å². The number of hydrogen-bond acceptors (Lipinski definition) is 3. The molecule has 7 atom stereocenters. The number of hydrogen-bond donors (Lipinski definition) is 1. The Bertz CT molecular complexity index is 670. The zero-order valence-electron chi connectivity index (χ0n) is 15.5. The van der Waals surface area contributed by atoms with Crippen molar-refractivity contribution in [1.82, 2.24) is 0 Å². The maximum Gasteiger partial charge on any atom is 0.163 e. The van der Waals surface area contributed by atoms with Gasteiger partial charge in [0.15, 0.2) is 11.6 Å². The van der Waals surface area contributed by atoms with Crippen molar-refractivity contribution in [2.24, 2.45) is 28.6 Å². The van der Waals surface area contributed by atoms with Crippen molar-refractivity contribution in [3.05, 3.63) is 11.6 Å². The second-order valence-corrected chi connectivity index (χ2v) is 10.6. The van der Waals surface area contributed by atoms with Crippen LogP contribution in [-0.2, 0) is 9.59 Å². The predicted octanol–water partition coefficient (Wildman–Crippen LogP) is 4.21. The van der Waals surface area contributed by atoms with Crippen LogP contribution in [0, 0.1) is 28.6 Å². The Morgan fingerprint density at radius 3 is 2.60 bits per heavy atom. The van der Waals surface area contributed by atoms with Gasteiger partial charge >= 0.3 is 0 Å². The molecule has 3 fully saturated rings. The van der Waals surface area contributed by atoms with Gasteiger partial charge in [0.1, 0.15) is 5.60 Å². The van der Waals surface area contributed by atoms with Crippen LogP contribution in [0.3, 0.4) is 0 Å². The lowest BCUT2D eigenvalue weighted by molar-refractivity contribution is -0.159. The highest BCUT2D eigenvalue weighted by atomic mass is 79.9. The molecule has 0 spiro atoms. The van der Waals surface area contributed by atoms with Gasteiger partial charge in [0.25, 0.3) is 0 Å². The largest absolute Gasteiger partial charge is 0.380 e. The molecule has 0 unspecified atom stereocenters. The van der Waals surface area contributed by atoms with Gasteiger partial charge in [0, 0.05) is 11.8 Å². The number of carbonyl (C=O) groups excluding carboxylic acids is 2. The van der Waals surface area contributed by atoms with Crippen molar-refractivity contribution >= 4 is 27.5 Å². The first-order valence-electron chi connectivity index (χ1n) is 9.76. The normalized spacial score (nSPS) is 52.0. The number of halogens is 1. The minimum atomic E-state index is -1.25. The zero-order valence-corrected chi connectivity index (χ0v) is 17.1. The van der Waals surface area contributed by atoms with E-state index in [9.17, 15) is 14.7 Å². The minimum absolute atomic E-state index is 0.0938. The molecule has 0 aromatic carbocycles. The molecule has 0 amide bonds. The second kappa shape index (κ2) is 5.51. The molecule has 0 aromatic heterocycles. The van der Waals surface area contributed by atoms with Crippen LogP contribution < -0.4 is 0 Å². The number of Topliss-reactive ketones (excluding diaryl/α,β-unsaturated/α-hetero) is 1. The average molecular weight is 409 g/mol. The summed E-state index contributed by atoms with van der Waals surface area (Å²) in [4.78, 5) is 24.2. The SMILES string of the molecule is CC(=O)[C@@]1(O)[C@@H](Br)C[C@@H]2[C@H]3CCC4=CC(=O)CC[C@]4(C)[C@@H]3CC[C@@]21C. The summed E-state index contributed by atoms with van der Waals surface area (Å²) in [6.07, 6.45) is 8.49. The number of allylic oxidation sites excluding steroid dienone is 1. The molecule has 0 heterocycles. The standard InChI is InChI=1S/C21H29BrO3/c1-12(23)21(25)18(22)11-17-15-5-4-13-10-14(24)6-8-19(13,2)16(15)7-9-20(17,21)3/h10,15-18,25H,4-9,11H2,1-3H3/t15-,16+,17+,18-,19-,20-,21+/m0/s1. The summed E-state index contributed by atoms with van der Waals surface area (Å²) in [5, 5.41) is 11.4. The Hall–Kier alpha value is -0.480. The smallest absolute Gasteiger partial charge is 0.163 e. The summed E-state index contributed by atoms with van der Waals surface area (Å²) in [5.74, 6) is 1.69. The molecular weight excluding hydrogens is 380 g/mol. The third-order valence-corrected chi connectivity index (χ3v) is 9.71. The number of fused-ring (bicyclic) bond motifs is 5. The van der Waals surface area contributed by atoms with Gasteiger partial charge in [0.2, 0.25) is 0 Å². The molecular formula is C21H29BrO3. The van der Waals surface area contributed by atoms with E-state index in [-0.39, 0.29) is 21.4 Å². The van der Waals surface area contributed by atoms with Gasteiger partial charge in [-0.3, -0.25) is 9.59 Å². The van der Waals surface area contributed by atoms with Crippen LogP contribution in [0.15, 0.2) is 11.6 Å². The molecule has 4 aliphatic rings. The molecule has 3 nitrogen and oxygen atoms in total. The fourth-order valence-corrected chi connectivity index (χ4v) is 8.41. The number of rotatable bonds is 1. The third-order valence-electron chi connectivity index (χ3n) is 8.67. The van der Waals surface area contributed by atoms with E-state index >= 15 is 0 Å². The molecule has 4 rings (SSSR count). The van der Waals surface area contributed by atoms with Gasteiger partial charge < -0.3 is 5.11 Å². The van der Waals surface area contributed by atoms with Crippen molar-refractivity contribution in [1.29, 1.82) is 0 Å². The average Bonchev–Trinajstić information content (AvgIpc) is 2.77. The monoisotopic (exact) mass is 408 g/mol. The zero-order chi connectivity index (χ0) is 18.2. The first kappa shape index (κ1) is 17.9. The Morgan fingerprint density at radius 1 is 1.20 bits per heavy atom. The molecule has 1 N–H and O–H groups in total. The molecule has 4 aliphatic carbocycles. The highest BCUT2D eigenvalue weighted by molar-refractivity contribution is 9.09. The summed E-state index contributed by atoms with van der Waals surface area (Å²) in [6, 6.07) is 0. The number of aliphatic hydroxyl groups is 1. The highest BCUT2D eigenvalue weighted by Crippen LogP contribution is 2.68. The Morgan fingerprint density at radius 2 is 1.92 bits per heavy atom. The lowest BCUT2D eigenvalue weighted by Gasteiger charge is -2.58. The number of ketones is 2. The van der Waals surface area contributed by atoms with Gasteiger partial charge in [-0.2, -0.15) is 0 Å². The van der Waals surface area contributed by atoms with Gasteiger partial charge in [-0.25, -0.2) is 0 Å². The molecule has 3 saturated carbocycles. The van der Waals surface area contributed by atoms with E-state index in [1.807, 2.05) is 6.08 Å². The summed E-state index contributed by atoms with van der Waals surface area (Å²) in [6.45, 7) is 6.06. The molecule has 0 radical (unpaired) electrons. The first-order chi connectivity index (χ1) is 11.6. The summed E-state index contributed by atoms with van der Waals surface area (Å²) in [7, 11) is 0. The van der Waals surface area contributed by atoms with E-state index in [1.165, 1.54) is 5.57 Å². The summed E-state index contributed by atoms with van der Waals surface area (Å²) in [5.41, 5.74) is -0.0844. The first-order valence-corrected chi connectivity index (χ1v) is 10.7. The van der Waals surface area contributed by atoms with Crippen LogP contribution in [0.25, 0.3) is 0 Å². The molecule has 0 saturated heterocycles. The number of alkyl halides is 1. The molecule has 0 bridgehead atoms. The van der Waals surface area contributed by atoms with Gasteiger partial charge in [-0.05, 0) is 74.7 Å². The Kier molecular flexibility index (Phi) is 3.95. The fourth-order valence-electron chi connectivity index (χ4n) is 7.16. The minimum Gasteiger partial charge on any atom is -0.380 e. The van der Waals surface area contributed by atoms with Crippen molar-refractivity contribution < 1.29 is 14.7 Å². The quantitative estimate of drug-likeness (QED) is 0.660. The summed E-state index contributed by atoms with van der Waals surface area (Å²) < 4.78 is 0. The molecule has 4 heteroatoms. The van der Waals surface area contributed by atoms with E-state index in [0.29, 0.717) is 30.0 Å². The predicted molar refractivity (Wildman–Crippen MR) is 100 cm³/mol. The maximum atomic E-state index is 12.4. The Balaban J connectivity index is 1.72. The van der Waals surface area contributed by atoms with Crippen LogP contribution in [0.5, 0.6) is 0 Å². The molecule has 0 aliphatic heterocycles. The lowest BCUT2D eigenvalue weighted by Crippen LogP contribution is -2.59. The van der Waals surface area contributed by atoms with Crippen molar-refractivity contribution in [2.75, 3.05) is 0 Å². The van der Waals surface area contributed by atoms with Crippen LogP contribution >= 0.6 is 15.9 Å². The number of carbonyl (C=O) groups is 2. The van der Waals surface area contributed by atoms with Crippen LogP contribution in [-0.4, -0.2) is 27.1 Å². The van der Waals surface area contributed by atoms with Crippen molar-refractivity contribution in [3.8, 4) is 0 Å². The van der Waals surface area contributed by atoms with E-state index in [0.717, 1.165) is 38.5 Å². The summed E-state index contributed by atoms with van der Waals surface area (Å²) >= 11 is 3.67. The van der Waals surface area contributed by atoms with E-state index in [4.69, 9.17) is 0 Å². The highest BCUT2D eigenvalue weighted by Gasteiger charge is 2.68. The van der Waals surface area contributed by atoms with E-state index < -0.39 is 5.60 Å². The molecule has 0 aromatic rings. The van der Waals surface area contributed by atoms with Crippen molar-refractivity contribution in [3.63, 3.8) is 0 Å². The molecule has 25 heavy (non-hydrogen) atoms. The van der Waals surface area contributed by atoms with Gasteiger partial charge in [0.05, 0.1) is 4.83 Å². The second-order valence-electron chi connectivity index (χ2n) is 9.45. The van der Waals surface area contributed by atoms with Crippen LogP contribution in [0.2, 0.25) is 0 Å². The van der Waals surface area contributed by atoms with Crippen LogP contribution in [0.4, 0.5) is 0 Å². The van der Waals surface area contributed by atoms with E-state index in [2.05, 4.69) is 29.8 Å². The maximum absolute atomic E-state index is 12.4. The van der Waals surface area contributed by atoms with Crippen molar-refractivity contribution in [2.45, 2.75) is 76.1 Å². The van der Waals surface area contributed by atoms with Crippen LogP contribution in [0.1, 0.15) is 65.7 Å². The van der Waals surface area contributed by atoms with Gasteiger partial charge in [-0.1, -0.05) is 35.4 Å². The fraction of sp³-hybridized carbons (Fsp3) is 0.810. The molecule has 138 valence electrons. The third kappa shape index (κ3) is 2.13. The van der Waals surface area contributed by atoms with Gasteiger partial charge in [-0.15, -0.1) is 0 Å². The lowest BCUT2D eigenvalue weighted by atomic mass is 9.46. The van der Waals surface area contributed by atoms with E-state index in [1.54, 1.807) is 6.92 Å².